The monoisotopic (exact) mass is 298 g/mol. The number of hydrogen-bond donors (Lipinski definition) is 0. The van der Waals surface area contributed by atoms with E-state index in [9.17, 15) is 0 Å². The number of unbranched alkanes of at least 4 members (excludes halogenated alkanes) is 3. The Morgan fingerprint density at radius 2 is 1.68 bits per heavy atom. The number of hydrogen-bond acceptors (Lipinski definition) is 2. The lowest BCUT2D eigenvalue weighted by molar-refractivity contribution is 0.477. The van der Waals surface area contributed by atoms with Crippen LogP contribution in [0, 0.1) is 5.92 Å². The van der Waals surface area contributed by atoms with Gasteiger partial charge >= 0.3 is 0 Å². The van der Waals surface area contributed by atoms with Crippen molar-refractivity contribution in [1.29, 1.82) is 0 Å². The van der Waals surface area contributed by atoms with E-state index in [-0.39, 0.29) is 0 Å². The molecule has 1 unspecified atom stereocenters. The minimum atomic E-state index is 0.924. The van der Waals surface area contributed by atoms with Crippen LogP contribution in [0.1, 0.15) is 66.2 Å². The average molecular weight is 298 g/mol. The van der Waals surface area contributed by atoms with Gasteiger partial charge in [0.25, 0.3) is 0 Å². The second-order valence-electron chi connectivity index (χ2n) is 5.49. The predicted octanol–water partition coefficient (Wildman–Crippen LogP) is 5.87. The normalized spacial score (nSPS) is 13.9. The molecule has 0 aliphatic carbocycles. The molecular weight excluding hydrogens is 266 g/mol. The molecule has 0 aliphatic rings. The van der Waals surface area contributed by atoms with Gasteiger partial charge in [0, 0.05) is 0 Å². The van der Waals surface area contributed by atoms with Crippen molar-refractivity contribution in [1.82, 2.24) is 0 Å². The first-order valence-corrected chi connectivity index (χ1v) is 10.0. The topological polar surface area (TPSA) is 0 Å². The van der Waals surface area contributed by atoms with Crippen LogP contribution in [0.4, 0.5) is 0 Å². The largest absolute Gasteiger partial charge is 0.197 e. The van der Waals surface area contributed by atoms with Crippen molar-refractivity contribution in [3.63, 3.8) is 0 Å². The van der Waals surface area contributed by atoms with Crippen LogP contribution < -0.4 is 0 Å². The third kappa shape index (κ3) is 12.0. The van der Waals surface area contributed by atoms with Crippen LogP contribution in [-0.2, 0) is 0 Å². The molecule has 0 saturated heterocycles. The van der Waals surface area contributed by atoms with E-state index in [0.717, 1.165) is 5.92 Å². The van der Waals surface area contributed by atoms with E-state index in [1.165, 1.54) is 67.8 Å². The zero-order chi connectivity index (χ0) is 14.5. The van der Waals surface area contributed by atoms with Crippen LogP contribution in [0.25, 0.3) is 0 Å². The third-order valence-corrected chi connectivity index (χ3v) is 5.96. The Labute approximate surface area is 131 Å². The summed E-state index contributed by atoms with van der Waals surface area (Å²) in [7, 11) is 0. The highest BCUT2D eigenvalue weighted by molar-refractivity contribution is 8.28. The van der Waals surface area contributed by atoms with Crippen LogP contribution in [0.15, 0.2) is 9.81 Å². The molecule has 0 aromatic carbocycles. The van der Waals surface area contributed by atoms with Gasteiger partial charge in [0.1, 0.15) is 0 Å². The van der Waals surface area contributed by atoms with Gasteiger partial charge < -0.3 is 0 Å². The van der Waals surface area contributed by atoms with Gasteiger partial charge in [-0.3, -0.25) is 0 Å². The summed E-state index contributed by atoms with van der Waals surface area (Å²) < 4.78 is 0. The lowest BCUT2D eigenvalue weighted by Crippen LogP contribution is -1.97. The van der Waals surface area contributed by atoms with Crippen molar-refractivity contribution in [2.45, 2.75) is 79.4 Å². The average Bonchev–Trinajstić information content (AvgIpc) is 2.39. The van der Waals surface area contributed by atoms with E-state index in [1.807, 2.05) is 11.6 Å². The fourth-order valence-electron chi connectivity index (χ4n) is 2.14. The van der Waals surface area contributed by atoms with Gasteiger partial charge in [-0.1, -0.05) is 65.5 Å². The lowest BCUT2D eigenvalue weighted by Gasteiger charge is -2.11. The van der Waals surface area contributed by atoms with Gasteiger partial charge in [0.15, 0.2) is 13.1 Å². The lowest BCUT2D eigenvalue weighted by atomic mass is 9.90. The van der Waals surface area contributed by atoms with Crippen LogP contribution in [-0.4, -0.2) is 13.1 Å². The van der Waals surface area contributed by atoms with Gasteiger partial charge in [-0.25, -0.2) is 0 Å². The summed E-state index contributed by atoms with van der Waals surface area (Å²) in [6.45, 7) is 14.0. The Kier molecular flexibility index (Phi) is 14.0. The fourth-order valence-corrected chi connectivity index (χ4v) is 3.95. The van der Waals surface area contributed by atoms with Crippen molar-refractivity contribution in [2.24, 2.45) is 5.92 Å². The van der Waals surface area contributed by atoms with E-state index in [4.69, 9.17) is 0 Å². The highest BCUT2D eigenvalue weighted by Crippen LogP contribution is 2.26. The van der Waals surface area contributed by atoms with Gasteiger partial charge in [0.2, 0.25) is 0 Å². The minimum absolute atomic E-state index is 0.924. The molecule has 0 heterocycles. The van der Waals surface area contributed by atoms with Gasteiger partial charge in [-0.2, -0.15) is 23.2 Å². The zero-order valence-corrected chi connectivity index (χ0v) is 15.4. The summed E-state index contributed by atoms with van der Waals surface area (Å²) in [5, 5.41) is 0. The molecule has 0 radical (unpaired) electrons. The summed E-state index contributed by atoms with van der Waals surface area (Å²) in [5.41, 5.74) is 0. The fraction of sp³-hybridized carbons (Fsp3) is 0.867. The standard InChI is InChI=1S/C15H32B2S2/c1-6-7-8-9-10-13(2)11-12-17-19-15(4)14(3)18-16-5/h13,16-17H,6-12H2,1-5H3/b15-14+. The molecule has 110 valence electrons. The maximum Gasteiger partial charge on any atom is 0.197 e. The van der Waals surface area contributed by atoms with Gasteiger partial charge in [0.05, 0.1) is 0 Å². The first-order valence-electron chi connectivity index (χ1n) is 8.04. The summed E-state index contributed by atoms with van der Waals surface area (Å²) in [4.78, 5) is 3.04. The molecule has 1 atom stereocenters. The predicted molar refractivity (Wildman–Crippen MR) is 101 cm³/mol. The van der Waals surface area contributed by atoms with Crippen molar-refractivity contribution in [3.8, 4) is 0 Å². The van der Waals surface area contributed by atoms with E-state index in [2.05, 4.69) is 46.1 Å². The molecule has 0 aromatic heterocycles. The van der Waals surface area contributed by atoms with E-state index in [0.29, 0.717) is 0 Å². The summed E-state index contributed by atoms with van der Waals surface area (Å²) >= 11 is 4.04. The number of rotatable bonds is 12. The molecule has 0 amide bonds. The van der Waals surface area contributed by atoms with Crippen LogP contribution in [0.2, 0.25) is 13.1 Å². The van der Waals surface area contributed by atoms with Gasteiger partial charge in [-0.05, 0) is 29.6 Å². The van der Waals surface area contributed by atoms with Gasteiger partial charge in [-0.15, -0.1) is 0 Å². The van der Waals surface area contributed by atoms with E-state index >= 15 is 0 Å². The molecular formula is C15H32B2S2. The molecule has 0 fully saturated rings. The third-order valence-electron chi connectivity index (χ3n) is 3.57. The second-order valence-corrected chi connectivity index (χ2v) is 8.28. The molecule has 0 aromatic rings. The molecule has 4 heteroatoms. The molecule has 0 nitrogen and oxygen atoms in total. The molecule has 0 rings (SSSR count). The zero-order valence-electron chi connectivity index (χ0n) is 13.8. The van der Waals surface area contributed by atoms with Crippen LogP contribution in [0.3, 0.4) is 0 Å². The smallest absolute Gasteiger partial charge is 0.185 e. The van der Waals surface area contributed by atoms with Crippen molar-refractivity contribution >= 4 is 36.3 Å². The molecule has 0 aliphatic heterocycles. The summed E-state index contributed by atoms with van der Waals surface area (Å²) in [5.74, 6) is 0.924. The van der Waals surface area contributed by atoms with Crippen molar-refractivity contribution in [3.05, 3.63) is 9.81 Å². The Balaban J connectivity index is 3.54. The first kappa shape index (κ1) is 19.6. The highest BCUT2D eigenvalue weighted by Gasteiger charge is 2.04. The van der Waals surface area contributed by atoms with E-state index in [1.54, 1.807) is 0 Å². The Morgan fingerprint density at radius 3 is 2.32 bits per heavy atom. The molecule has 0 saturated carbocycles. The molecule has 19 heavy (non-hydrogen) atoms. The van der Waals surface area contributed by atoms with Crippen LogP contribution in [0.5, 0.6) is 0 Å². The first-order chi connectivity index (χ1) is 9.11. The molecule has 0 spiro atoms. The summed E-state index contributed by atoms with van der Waals surface area (Å²) in [6, 6.07) is 0. The Bertz CT molecular complexity index is 242. The Morgan fingerprint density at radius 1 is 1.00 bits per heavy atom. The second kappa shape index (κ2) is 13.5. The van der Waals surface area contributed by atoms with E-state index < -0.39 is 0 Å². The maximum atomic E-state index is 2.43. The highest BCUT2D eigenvalue weighted by atomic mass is 32.2. The summed E-state index contributed by atoms with van der Waals surface area (Å²) in [6.07, 6.45) is 9.86. The quantitative estimate of drug-likeness (QED) is 0.326. The number of allylic oxidation sites excluding steroid dienone is 2. The molecule has 0 bridgehead atoms. The van der Waals surface area contributed by atoms with Crippen LogP contribution >= 0.6 is 23.2 Å². The Hall–Kier alpha value is 0.570. The van der Waals surface area contributed by atoms with Crippen molar-refractivity contribution in [2.75, 3.05) is 0 Å². The SMILES string of the molecule is CBS/C(C)=C(\C)SBCCC(C)CCCCCC. The molecule has 0 N–H and O–H groups in total. The van der Waals surface area contributed by atoms with Crippen molar-refractivity contribution < 1.29 is 0 Å². The maximum absolute atomic E-state index is 2.43. The minimum Gasteiger partial charge on any atom is -0.185 e.